The van der Waals surface area contributed by atoms with Crippen molar-refractivity contribution < 1.29 is 4.74 Å². The smallest absolute Gasteiger partial charge is 0.133 e. The molecule has 0 aliphatic heterocycles. The lowest BCUT2D eigenvalue weighted by Crippen LogP contribution is -2.39. The molecule has 2 atom stereocenters. The minimum Gasteiger partial charge on any atom is -0.496 e. The molecule has 1 aliphatic rings. The van der Waals surface area contributed by atoms with Crippen LogP contribution in [0.15, 0.2) is 22.7 Å². The van der Waals surface area contributed by atoms with Gasteiger partial charge in [0.05, 0.1) is 11.6 Å². The Balaban J connectivity index is 2.00. The predicted molar refractivity (Wildman–Crippen MR) is 88.4 cm³/mol. The molecule has 1 aliphatic carbocycles. The molecule has 1 fully saturated rings. The van der Waals surface area contributed by atoms with Gasteiger partial charge in [0, 0.05) is 6.04 Å². The summed E-state index contributed by atoms with van der Waals surface area (Å²) in [5.41, 5.74) is 1.41. The first-order valence-corrected chi connectivity index (χ1v) is 8.59. The third kappa shape index (κ3) is 4.23. The molecule has 1 saturated carbocycles. The van der Waals surface area contributed by atoms with Gasteiger partial charge in [-0.05, 0) is 71.8 Å². The van der Waals surface area contributed by atoms with Gasteiger partial charge in [0.1, 0.15) is 5.75 Å². The molecule has 0 bridgehead atoms. The SMILES string of the molecule is CCCNC1CCCCC1Cc1ccc(OC)c(Br)c1. The van der Waals surface area contributed by atoms with Crippen LogP contribution in [0.25, 0.3) is 0 Å². The fourth-order valence-electron chi connectivity index (χ4n) is 3.19. The van der Waals surface area contributed by atoms with E-state index >= 15 is 0 Å². The maximum atomic E-state index is 5.30. The van der Waals surface area contributed by atoms with Crippen molar-refractivity contribution in [3.8, 4) is 5.75 Å². The first kappa shape index (κ1) is 15.8. The highest BCUT2D eigenvalue weighted by Crippen LogP contribution is 2.31. The number of hydrogen-bond acceptors (Lipinski definition) is 2. The molecule has 112 valence electrons. The van der Waals surface area contributed by atoms with Crippen molar-refractivity contribution >= 4 is 15.9 Å². The summed E-state index contributed by atoms with van der Waals surface area (Å²) in [7, 11) is 1.71. The summed E-state index contributed by atoms with van der Waals surface area (Å²) in [4.78, 5) is 0. The van der Waals surface area contributed by atoms with Crippen molar-refractivity contribution in [3.05, 3.63) is 28.2 Å². The number of hydrogen-bond donors (Lipinski definition) is 1. The van der Waals surface area contributed by atoms with E-state index in [4.69, 9.17) is 4.74 Å². The molecule has 2 rings (SSSR count). The second-order valence-electron chi connectivity index (χ2n) is 5.78. The summed E-state index contributed by atoms with van der Waals surface area (Å²) in [6.45, 7) is 3.39. The summed E-state index contributed by atoms with van der Waals surface area (Å²) < 4.78 is 6.37. The van der Waals surface area contributed by atoms with Crippen molar-refractivity contribution in [1.82, 2.24) is 5.32 Å². The summed E-state index contributed by atoms with van der Waals surface area (Å²) in [6, 6.07) is 7.18. The first-order valence-electron chi connectivity index (χ1n) is 7.80. The lowest BCUT2D eigenvalue weighted by Gasteiger charge is -2.32. The fraction of sp³-hybridized carbons (Fsp3) is 0.647. The fourth-order valence-corrected chi connectivity index (χ4v) is 3.78. The van der Waals surface area contributed by atoms with Gasteiger partial charge in [0.25, 0.3) is 0 Å². The molecule has 0 saturated heterocycles. The maximum absolute atomic E-state index is 5.30. The van der Waals surface area contributed by atoms with E-state index in [1.165, 1.54) is 44.1 Å². The Morgan fingerprint density at radius 2 is 2.10 bits per heavy atom. The van der Waals surface area contributed by atoms with Gasteiger partial charge in [-0.15, -0.1) is 0 Å². The monoisotopic (exact) mass is 339 g/mol. The molecule has 0 aromatic heterocycles. The van der Waals surface area contributed by atoms with E-state index in [1.54, 1.807) is 7.11 Å². The van der Waals surface area contributed by atoms with E-state index in [1.807, 2.05) is 0 Å². The van der Waals surface area contributed by atoms with Gasteiger partial charge in [-0.25, -0.2) is 0 Å². The molecule has 20 heavy (non-hydrogen) atoms. The van der Waals surface area contributed by atoms with Gasteiger partial charge in [0.2, 0.25) is 0 Å². The molecule has 0 spiro atoms. The minimum absolute atomic E-state index is 0.699. The predicted octanol–water partition coefficient (Wildman–Crippen LogP) is 4.56. The van der Waals surface area contributed by atoms with E-state index in [-0.39, 0.29) is 0 Å². The molecule has 2 unspecified atom stereocenters. The van der Waals surface area contributed by atoms with Gasteiger partial charge >= 0.3 is 0 Å². The quantitative estimate of drug-likeness (QED) is 0.820. The van der Waals surface area contributed by atoms with Gasteiger partial charge < -0.3 is 10.1 Å². The van der Waals surface area contributed by atoms with Gasteiger partial charge in [0.15, 0.2) is 0 Å². The van der Waals surface area contributed by atoms with Crippen LogP contribution >= 0.6 is 15.9 Å². The lowest BCUT2D eigenvalue weighted by molar-refractivity contribution is 0.261. The number of rotatable bonds is 6. The highest BCUT2D eigenvalue weighted by Gasteiger charge is 2.24. The third-order valence-electron chi connectivity index (χ3n) is 4.28. The molecule has 0 heterocycles. The van der Waals surface area contributed by atoms with Crippen LogP contribution in [0.5, 0.6) is 5.75 Å². The zero-order chi connectivity index (χ0) is 14.4. The van der Waals surface area contributed by atoms with Gasteiger partial charge in [-0.1, -0.05) is 25.8 Å². The van der Waals surface area contributed by atoms with Crippen molar-refractivity contribution in [2.45, 2.75) is 51.5 Å². The molecule has 1 aromatic carbocycles. The summed E-state index contributed by atoms with van der Waals surface area (Å²) in [6.07, 6.45) is 7.84. The van der Waals surface area contributed by atoms with Crippen molar-refractivity contribution in [2.24, 2.45) is 5.92 Å². The van der Waals surface area contributed by atoms with Crippen LogP contribution in [-0.4, -0.2) is 19.7 Å². The molecule has 0 amide bonds. The normalized spacial score (nSPS) is 22.8. The van der Waals surface area contributed by atoms with Gasteiger partial charge in [-0.2, -0.15) is 0 Å². The Kier molecular flexibility index (Phi) is 6.37. The van der Waals surface area contributed by atoms with Crippen molar-refractivity contribution in [2.75, 3.05) is 13.7 Å². The Hall–Kier alpha value is -0.540. The molecule has 1 N–H and O–H groups in total. The molecule has 3 heteroatoms. The Morgan fingerprint density at radius 1 is 1.30 bits per heavy atom. The number of nitrogens with one attached hydrogen (secondary N) is 1. The highest BCUT2D eigenvalue weighted by molar-refractivity contribution is 9.10. The van der Waals surface area contributed by atoms with E-state index < -0.39 is 0 Å². The topological polar surface area (TPSA) is 21.3 Å². The minimum atomic E-state index is 0.699. The van der Waals surface area contributed by atoms with Gasteiger partial charge in [-0.3, -0.25) is 0 Å². The van der Waals surface area contributed by atoms with E-state index in [0.29, 0.717) is 6.04 Å². The lowest BCUT2D eigenvalue weighted by atomic mass is 9.80. The van der Waals surface area contributed by atoms with E-state index in [2.05, 4.69) is 46.4 Å². The van der Waals surface area contributed by atoms with Crippen LogP contribution in [0, 0.1) is 5.92 Å². The van der Waals surface area contributed by atoms with Crippen molar-refractivity contribution in [3.63, 3.8) is 0 Å². The summed E-state index contributed by atoms with van der Waals surface area (Å²) >= 11 is 3.59. The van der Waals surface area contributed by atoms with Crippen LogP contribution in [0.2, 0.25) is 0 Å². The average molecular weight is 340 g/mol. The maximum Gasteiger partial charge on any atom is 0.133 e. The van der Waals surface area contributed by atoms with Crippen LogP contribution < -0.4 is 10.1 Å². The Labute approximate surface area is 131 Å². The summed E-state index contributed by atoms with van der Waals surface area (Å²) in [5, 5.41) is 3.74. The largest absolute Gasteiger partial charge is 0.496 e. The van der Waals surface area contributed by atoms with Crippen LogP contribution in [0.3, 0.4) is 0 Å². The standard InChI is InChI=1S/C17H26BrNO/c1-3-10-19-16-7-5-4-6-14(16)11-13-8-9-17(20-2)15(18)12-13/h8-9,12,14,16,19H,3-7,10-11H2,1-2H3. The second-order valence-corrected chi connectivity index (χ2v) is 6.63. The number of benzene rings is 1. The molecular formula is C17H26BrNO. The molecule has 1 aromatic rings. The number of ether oxygens (including phenoxy) is 1. The van der Waals surface area contributed by atoms with E-state index in [0.717, 1.165) is 22.7 Å². The average Bonchev–Trinajstić information content (AvgIpc) is 2.46. The number of halogens is 1. The first-order chi connectivity index (χ1) is 9.74. The van der Waals surface area contributed by atoms with Crippen LogP contribution in [-0.2, 0) is 6.42 Å². The molecular weight excluding hydrogens is 314 g/mol. The zero-order valence-corrected chi connectivity index (χ0v) is 14.2. The zero-order valence-electron chi connectivity index (χ0n) is 12.6. The third-order valence-corrected chi connectivity index (χ3v) is 4.90. The summed E-state index contributed by atoms with van der Waals surface area (Å²) in [5.74, 6) is 1.69. The molecule has 0 radical (unpaired) electrons. The van der Waals surface area contributed by atoms with Crippen LogP contribution in [0.4, 0.5) is 0 Å². The second kappa shape index (κ2) is 8.04. The van der Waals surface area contributed by atoms with Crippen LogP contribution in [0.1, 0.15) is 44.6 Å². The Bertz CT molecular complexity index is 421. The number of methoxy groups -OCH3 is 1. The van der Waals surface area contributed by atoms with Crippen molar-refractivity contribution in [1.29, 1.82) is 0 Å². The molecule has 2 nitrogen and oxygen atoms in total. The highest BCUT2D eigenvalue weighted by atomic mass is 79.9. The van der Waals surface area contributed by atoms with E-state index in [9.17, 15) is 0 Å². The Morgan fingerprint density at radius 3 is 2.80 bits per heavy atom.